The van der Waals surface area contributed by atoms with Gasteiger partial charge in [0.1, 0.15) is 11.5 Å². The van der Waals surface area contributed by atoms with Gasteiger partial charge in [-0.2, -0.15) is 0 Å². The number of esters is 1. The number of benzene rings is 3. The number of carbonyl (C=O) groups excluding carboxylic acids is 3. The molecule has 0 saturated carbocycles. The number of phenols is 1. The smallest absolute Gasteiger partial charge is 0.338 e. The van der Waals surface area contributed by atoms with E-state index in [1.54, 1.807) is 42.5 Å². The molecule has 9 nitrogen and oxygen atoms in total. The fraction of sp³-hybridized carbons (Fsp3) is 0.179. The number of phenolic OH excluding ortho intramolecular Hbond substituents is 1. The monoisotopic (exact) mass is 501 g/mol. The number of ketones is 1. The first-order valence-electron chi connectivity index (χ1n) is 11.7. The van der Waals surface area contributed by atoms with E-state index in [0.29, 0.717) is 23.5 Å². The summed E-state index contributed by atoms with van der Waals surface area (Å²) in [6, 6.07) is 15.8. The zero-order valence-electron chi connectivity index (χ0n) is 19.8. The maximum absolute atomic E-state index is 13.4. The first-order valence-corrected chi connectivity index (χ1v) is 11.7. The molecule has 9 heteroatoms. The van der Waals surface area contributed by atoms with E-state index < -0.39 is 29.5 Å². The summed E-state index contributed by atoms with van der Waals surface area (Å²) in [5, 5.41) is 21.1. The van der Waals surface area contributed by atoms with Crippen molar-refractivity contribution in [2.24, 2.45) is 0 Å². The molecule has 37 heavy (non-hydrogen) atoms. The minimum absolute atomic E-state index is 0.00265. The molecule has 0 aliphatic carbocycles. The summed E-state index contributed by atoms with van der Waals surface area (Å²) < 4.78 is 15.9. The van der Waals surface area contributed by atoms with Crippen LogP contribution in [-0.2, 0) is 14.3 Å². The molecule has 0 radical (unpaired) electrons. The zero-order valence-corrected chi connectivity index (χ0v) is 19.8. The van der Waals surface area contributed by atoms with Gasteiger partial charge in [0.15, 0.2) is 11.5 Å². The molecule has 2 aliphatic heterocycles. The van der Waals surface area contributed by atoms with Crippen LogP contribution in [0.1, 0.15) is 40.9 Å². The molecule has 188 valence electrons. The number of Topliss-reactive ketones (excluding diaryl/α,β-unsaturated/α-hetero) is 1. The number of aliphatic hydroxyl groups is 1. The molecule has 1 atom stereocenters. The predicted octanol–water partition coefficient (Wildman–Crippen LogP) is 4.31. The van der Waals surface area contributed by atoms with Crippen molar-refractivity contribution in [2.45, 2.75) is 19.4 Å². The van der Waals surface area contributed by atoms with E-state index in [4.69, 9.17) is 14.2 Å². The predicted molar refractivity (Wildman–Crippen MR) is 132 cm³/mol. The van der Waals surface area contributed by atoms with Gasteiger partial charge < -0.3 is 24.4 Å². The maximum atomic E-state index is 13.4. The third-order valence-corrected chi connectivity index (χ3v) is 6.10. The van der Waals surface area contributed by atoms with Gasteiger partial charge in [0.2, 0.25) is 6.79 Å². The van der Waals surface area contributed by atoms with Crippen LogP contribution in [0, 0.1) is 0 Å². The first-order chi connectivity index (χ1) is 17.9. The van der Waals surface area contributed by atoms with E-state index in [-0.39, 0.29) is 41.5 Å². The third-order valence-electron chi connectivity index (χ3n) is 6.10. The summed E-state index contributed by atoms with van der Waals surface area (Å²) in [5.74, 6) is -1.82. The summed E-state index contributed by atoms with van der Waals surface area (Å²) in [7, 11) is 0. The van der Waals surface area contributed by atoms with Crippen molar-refractivity contribution in [1.29, 1.82) is 0 Å². The average Bonchev–Trinajstić information content (AvgIpc) is 3.49. The summed E-state index contributed by atoms with van der Waals surface area (Å²) in [6.07, 6.45) is 0.654. The van der Waals surface area contributed by atoms with E-state index in [9.17, 15) is 24.6 Å². The van der Waals surface area contributed by atoms with Gasteiger partial charge in [0, 0.05) is 11.3 Å². The Labute approximate surface area is 212 Å². The van der Waals surface area contributed by atoms with E-state index in [2.05, 4.69) is 0 Å². The second-order valence-corrected chi connectivity index (χ2v) is 8.51. The zero-order chi connectivity index (χ0) is 26.1. The Morgan fingerprint density at radius 3 is 2.51 bits per heavy atom. The number of carbonyl (C=O) groups is 3. The summed E-state index contributed by atoms with van der Waals surface area (Å²) in [6.45, 7) is 2.16. The summed E-state index contributed by atoms with van der Waals surface area (Å²) >= 11 is 0. The van der Waals surface area contributed by atoms with Crippen LogP contribution in [0.3, 0.4) is 0 Å². The lowest BCUT2D eigenvalue weighted by Gasteiger charge is -2.26. The number of rotatable bonds is 6. The van der Waals surface area contributed by atoms with Crippen molar-refractivity contribution in [3.8, 4) is 17.2 Å². The van der Waals surface area contributed by atoms with E-state index in [0.717, 1.165) is 0 Å². The minimum atomic E-state index is -1.03. The van der Waals surface area contributed by atoms with Gasteiger partial charge in [-0.3, -0.25) is 14.5 Å². The van der Waals surface area contributed by atoms with Gasteiger partial charge in [-0.05, 0) is 60.5 Å². The van der Waals surface area contributed by atoms with Gasteiger partial charge in [-0.15, -0.1) is 0 Å². The van der Waals surface area contributed by atoms with Crippen molar-refractivity contribution in [3.63, 3.8) is 0 Å². The molecule has 2 N–H and O–H groups in total. The number of anilines is 1. The van der Waals surface area contributed by atoms with Crippen molar-refractivity contribution in [1.82, 2.24) is 0 Å². The fourth-order valence-corrected chi connectivity index (χ4v) is 4.33. The van der Waals surface area contributed by atoms with Crippen LogP contribution in [0.4, 0.5) is 5.69 Å². The molecule has 1 saturated heterocycles. The number of aliphatic hydroxyl groups excluding tert-OH is 1. The molecule has 2 aliphatic rings. The van der Waals surface area contributed by atoms with Crippen molar-refractivity contribution >= 4 is 29.1 Å². The van der Waals surface area contributed by atoms with E-state index >= 15 is 0 Å². The Hall–Kier alpha value is -4.79. The highest BCUT2D eigenvalue weighted by atomic mass is 16.7. The molecule has 0 aromatic heterocycles. The van der Waals surface area contributed by atoms with Gasteiger partial charge in [0.05, 0.1) is 23.8 Å². The standard InChI is InChI=1S/C28H23NO8/c1-2-12-35-28(34)18-4-3-5-19(13-18)29-24(16-6-9-20(30)10-7-16)23(26(32)27(29)33)25(31)17-8-11-21-22(14-17)37-15-36-21/h3-11,13-14,24,30-31H,2,12,15H2,1H3/b25-23-. The third kappa shape index (κ3) is 4.35. The highest BCUT2D eigenvalue weighted by Gasteiger charge is 2.47. The van der Waals surface area contributed by atoms with Gasteiger partial charge >= 0.3 is 5.97 Å². The quantitative estimate of drug-likeness (QED) is 0.222. The first kappa shape index (κ1) is 23.9. The molecule has 5 rings (SSSR count). The van der Waals surface area contributed by atoms with Gasteiger partial charge in [-0.1, -0.05) is 25.1 Å². The van der Waals surface area contributed by atoms with Gasteiger partial charge in [0.25, 0.3) is 11.7 Å². The van der Waals surface area contributed by atoms with Crippen LogP contribution < -0.4 is 14.4 Å². The van der Waals surface area contributed by atoms with Crippen LogP contribution in [0.15, 0.2) is 72.3 Å². The Bertz CT molecular complexity index is 1430. The maximum Gasteiger partial charge on any atom is 0.338 e. The lowest BCUT2D eigenvalue weighted by molar-refractivity contribution is -0.132. The van der Waals surface area contributed by atoms with Crippen molar-refractivity contribution < 1.29 is 38.8 Å². The number of aromatic hydroxyl groups is 1. The van der Waals surface area contributed by atoms with Crippen molar-refractivity contribution in [3.05, 3.63) is 89.0 Å². The molecule has 3 aromatic rings. The van der Waals surface area contributed by atoms with Crippen LogP contribution in [0.5, 0.6) is 17.2 Å². The Balaban J connectivity index is 1.64. The normalized spacial score (nSPS) is 17.8. The second kappa shape index (κ2) is 9.69. The Morgan fingerprint density at radius 2 is 1.76 bits per heavy atom. The molecule has 1 unspecified atom stereocenters. The van der Waals surface area contributed by atoms with Gasteiger partial charge in [-0.25, -0.2) is 4.79 Å². The molecular formula is C28H23NO8. The van der Waals surface area contributed by atoms with Crippen LogP contribution in [0.2, 0.25) is 0 Å². The van der Waals surface area contributed by atoms with Crippen LogP contribution >= 0.6 is 0 Å². The van der Waals surface area contributed by atoms with E-state index in [1.807, 2.05) is 6.92 Å². The number of amides is 1. The average molecular weight is 501 g/mol. The summed E-state index contributed by atoms with van der Waals surface area (Å²) in [5.41, 5.74) is 1.08. The van der Waals surface area contributed by atoms with Crippen LogP contribution in [-0.4, -0.2) is 41.3 Å². The Morgan fingerprint density at radius 1 is 1.00 bits per heavy atom. The molecule has 0 spiro atoms. The number of hydrogen-bond donors (Lipinski definition) is 2. The summed E-state index contributed by atoms with van der Waals surface area (Å²) in [4.78, 5) is 40.4. The largest absolute Gasteiger partial charge is 0.508 e. The SMILES string of the molecule is CCCOC(=O)c1cccc(N2C(=O)C(=O)/C(=C(\O)c3ccc4c(c3)OCO4)C2c2ccc(O)cc2)c1. The highest BCUT2D eigenvalue weighted by molar-refractivity contribution is 6.51. The lowest BCUT2D eigenvalue weighted by atomic mass is 9.95. The topological polar surface area (TPSA) is 123 Å². The number of nitrogens with zero attached hydrogens (tertiary/aromatic N) is 1. The highest BCUT2D eigenvalue weighted by Crippen LogP contribution is 2.43. The molecule has 3 aromatic carbocycles. The molecule has 2 heterocycles. The van der Waals surface area contributed by atoms with E-state index in [1.165, 1.54) is 29.2 Å². The number of hydrogen-bond acceptors (Lipinski definition) is 8. The number of ether oxygens (including phenoxy) is 3. The van der Waals surface area contributed by atoms with Crippen LogP contribution in [0.25, 0.3) is 5.76 Å². The molecule has 1 amide bonds. The number of fused-ring (bicyclic) bond motifs is 1. The van der Waals surface area contributed by atoms with Crippen molar-refractivity contribution in [2.75, 3.05) is 18.3 Å². The lowest BCUT2D eigenvalue weighted by Crippen LogP contribution is -2.29. The molecular weight excluding hydrogens is 478 g/mol. The fourth-order valence-electron chi connectivity index (χ4n) is 4.33. The molecule has 1 fully saturated rings. The second-order valence-electron chi connectivity index (χ2n) is 8.51. The Kier molecular flexibility index (Phi) is 6.27. The minimum Gasteiger partial charge on any atom is -0.508 e. The molecule has 0 bridgehead atoms.